The van der Waals surface area contributed by atoms with Crippen molar-refractivity contribution in [3.05, 3.63) is 0 Å². The van der Waals surface area contributed by atoms with Crippen LogP contribution >= 0.6 is 0 Å². The molecule has 0 aromatic heterocycles. The number of aliphatic hydroxyl groups is 2. The van der Waals surface area contributed by atoms with E-state index in [1.807, 2.05) is 14.0 Å². The molecule has 3 heteroatoms. The van der Waals surface area contributed by atoms with Gasteiger partial charge in [-0.05, 0) is 105 Å². The number of fused-ring (bicyclic) bond motifs is 5. The van der Waals surface area contributed by atoms with Crippen molar-refractivity contribution < 1.29 is 14.9 Å². The van der Waals surface area contributed by atoms with Gasteiger partial charge in [0.25, 0.3) is 0 Å². The molecule has 2 N–H and O–H groups in total. The predicted molar refractivity (Wildman–Crippen MR) is 99.1 cm³/mol. The van der Waals surface area contributed by atoms with E-state index in [9.17, 15) is 10.2 Å². The van der Waals surface area contributed by atoms with Gasteiger partial charge in [-0.2, -0.15) is 0 Å². The molecule has 0 radical (unpaired) electrons. The van der Waals surface area contributed by atoms with Gasteiger partial charge in [-0.3, -0.25) is 0 Å². The van der Waals surface area contributed by atoms with E-state index in [1.165, 1.54) is 38.5 Å². The Morgan fingerprint density at radius 1 is 0.960 bits per heavy atom. The van der Waals surface area contributed by atoms with Gasteiger partial charge in [0.15, 0.2) is 0 Å². The van der Waals surface area contributed by atoms with Gasteiger partial charge in [0, 0.05) is 13.7 Å². The second-order valence-corrected chi connectivity index (χ2v) is 10.5. The zero-order chi connectivity index (χ0) is 17.9. The highest BCUT2D eigenvalue weighted by Gasteiger charge is 2.62. The lowest BCUT2D eigenvalue weighted by molar-refractivity contribution is -0.175. The smallest absolute Gasteiger partial charge is 0.0622 e. The molecular weight excluding hydrogens is 312 g/mol. The third kappa shape index (κ3) is 2.63. The van der Waals surface area contributed by atoms with Gasteiger partial charge in [0.2, 0.25) is 0 Å². The second-order valence-electron chi connectivity index (χ2n) is 10.5. The molecule has 4 aliphatic rings. The van der Waals surface area contributed by atoms with E-state index < -0.39 is 5.60 Å². The lowest BCUT2D eigenvalue weighted by Crippen LogP contribution is -2.58. The fraction of sp³-hybridized carbons (Fsp3) is 1.00. The van der Waals surface area contributed by atoms with Gasteiger partial charge in [-0.25, -0.2) is 0 Å². The van der Waals surface area contributed by atoms with Crippen LogP contribution in [0.5, 0.6) is 0 Å². The van der Waals surface area contributed by atoms with Crippen LogP contribution in [-0.2, 0) is 4.74 Å². The van der Waals surface area contributed by atoms with Crippen LogP contribution in [0.25, 0.3) is 0 Å². The molecule has 25 heavy (non-hydrogen) atoms. The lowest BCUT2D eigenvalue weighted by atomic mass is 9.43. The van der Waals surface area contributed by atoms with E-state index in [0.29, 0.717) is 29.3 Å². The topological polar surface area (TPSA) is 49.7 Å². The Hall–Kier alpha value is -0.120. The summed E-state index contributed by atoms with van der Waals surface area (Å²) in [6, 6.07) is 0. The highest BCUT2D eigenvalue weighted by Crippen LogP contribution is 2.68. The molecule has 3 nitrogen and oxygen atoms in total. The number of methoxy groups -OCH3 is 1. The molecule has 4 aliphatic carbocycles. The van der Waals surface area contributed by atoms with Crippen molar-refractivity contribution in [1.29, 1.82) is 0 Å². The van der Waals surface area contributed by atoms with E-state index in [4.69, 9.17) is 4.74 Å². The van der Waals surface area contributed by atoms with Crippen molar-refractivity contribution in [3.8, 4) is 0 Å². The number of ether oxygens (including phenoxy) is 1. The van der Waals surface area contributed by atoms with Crippen LogP contribution < -0.4 is 0 Å². The van der Waals surface area contributed by atoms with Crippen LogP contribution in [0.4, 0.5) is 0 Å². The lowest BCUT2D eigenvalue weighted by Gasteiger charge is -2.62. The van der Waals surface area contributed by atoms with E-state index in [-0.39, 0.29) is 0 Å². The molecule has 0 unspecified atom stereocenters. The molecule has 0 amide bonds. The predicted octanol–water partition coefficient (Wildman–Crippen LogP) is 4.02. The van der Waals surface area contributed by atoms with Gasteiger partial charge >= 0.3 is 0 Å². The standard InChI is InChI=1S/C22H38O3/c1-20(24)10-11-22(14-25-3)15(12-20)4-6-17-18-7-5-16(13-23)21(18,2)9-8-19(17)22/h15-19,23-24H,4-14H2,1-3H3/t15-,16+,17-,18-,19-,20+,21+,22+/m0/s1. The minimum absolute atomic E-state index is 0.290. The zero-order valence-electron chi connectivity index (χ0n) is 16.5. The molecule has 4 saturated carbocycles. The Morgan fingerprint density at radius 2 is 1.76 bits per heavy atom. The maximum Gasteiger partial charge on any atom is 0.0622 e. The Kier molecular flexibility index (Phi) is 4.53. The summed E-state index contributed by atoms with van der Waals surface area (Å²) in [6.07, 6.45) is 10.7. The molecule has 4 fully saturated rings. The van der Waals surface area contributed by atoms with Gasteiger partial charge < -0.3 is 14.9 Å². The summed E-state index contributed by atoms with van der Waals surface area (Å²) < 4.78 is 5.82. The van der Waals surface area contributed by atoms with Crippen LogP contribution in [0.15, 0.2) is 0 Å². The van der Waals surface area contributed by atoms with E-state index >= 15 is 0 Å². The maximum atomic E-state index is 10.7. The van der Waals surface area contributed by atoms with Crippen molar-refractivity contribution in [3.63, 3.8) is 0 Å². The molecule has 4 rings (SSSR count). The van der Waals surface area contributed by atoms with E-state index in [2.05, 4.69) is 6.92 Å². The van der Waals surface area contributed by atoms with Crippen molar-refractivity contribution in [2.75, 3.05) is 20.3 Å². The fourth-order valence-electron chi connectivity index (χ4n) is 8.19. The number of rotatable bonds is 3. The summed E-state index contributed by atoms with van der Waals surface area (Å²) in [6.45, 7) is 5.76. The molecule has 0 saturated heterocycles. The molecular formula is C22H38O3. The van der Waals surface area contributed by atoms with E-state index in [1.54, 1.807) is 0 Å². The third-order valence-electron chi connectivity index (χ3n) is 9.48. The molecule has 0 aromatic carbocycles. The molecule has 144 valence electrons. The summed E-state index contributed by atoms with van der Waals surface area (Å²) in [5, 5.41) is 20.6. The first kappa shape index (κ1) is 18.3. The Morgan fingerprint density at radius 3 is 2.48 bits per heavy atom. The summed E-state index contributed by atoms with van der Waals surface area (Å²) in [5.74, 6) is 3.50. The number of hydrogen-bond donors (Lipinski definition) is 2. The Balaban J connectivity index is 1.64. The van der Waals surface area contributed by atoms with Crippen molar-refractivity contribution in [1.82, 2.24) is 0 Å². The van der Waals surface area contributed by atoms with Crippen LogP contribution in [0, 0.1) is 40.4 Å². The zero-order valence-corrected chi connectivity index (χ0v) is 16.5. The molecule has 0 spiro atoms. The fourth-order valence-corrected chi connectivity index (χ4v) is 8.19. The van der Waals surface area contributed by atoms with Gasteiger partial charge in [0.05, 0.1) is 12.2 Å². The van der Waals surface area contributed by atoms with Gasteiger partial charge in [-0.1, -0.05) is 6.92 Å². The monoisotopic (exact) mass is 350 g/mol. The summed E-state index contributed by atoms with van der Waals surface area (Å²) in [5.41, 5.74) is 0.170. The average molecular weight is 351 g/mol. The normalized spacial score (nSPS) is 55.3. The minimum atomic E-state index is -0.479. The second kappa shape index (κ2) is 6.21. The van der Waals surface area contributed by atoms with Crippen molar-refractivity contribution >= 4 is 0 Å². The molecule has 8 atom stereocenters. The molecule has 0 bridgehead atoms. The third-order valence-corrected chi connectivity index (χ3v) is 9.48. The average Bonchev–Trinajstić information content (AvgIpc) is 2.91. The van der Waals surface area contributed by atoms with Gasteiger partial charge in [-0.15, -0.1) is 0 Å². The molecule has 0 aliphatic heterocycles. The summed E-state index contributed by atoms with van der Waals surface area (Å²) in [4.78, 5) is 0. The first-order valence-electron chi connectivity index (χ1n) is 10.7. The molecule has 0 heterocycles. The quantitative estimate of drug-likeness (QED) is 0.808. The van der Waals surface area contributed by atoms with E-state index in [0.717, 1.165) is 43.6 Å². The Bertz CT molecular complexity index is 504. The van der Waals surface area contributed by atoms with Crippen LogP contribution in [0.3, 0.4) is 0 Å². The van der Waals surface area contributed by atoms with Crippen molar-refractivity contribution in [2.24, 2.45) is 40.4 Å². The Labute approximate surface area is 153 Å². The molecule has 0 aromatic rings. The number of hydrogen-bond acceptors (Lipinski definition) is 3. The van der Waals surface area contributed by atoms with Crippen LogP contribution in [-0.4, -0.2) is 36.1 Å². The largest absolute Gasteiger partial charge is 0.396 e. The minimum Gasteiger partial charge on any atom is -0.396 e. The van der Waals surface area contributed by atoms with Crippen LogP contribution in [0.2, 0.25) is 0 Å². The highest BCUT2D eigenvalue weighted by atomic mass is 16.5. The number of aliphatic hydroxyl groups excluding tert-OH is 1. The highest BCUT2D eigenvalue weighted by molar-refractivity contribution is 5.11. The maximum absolute atomic E-state index is 10.7. The summed E-state index contributed by atoms with van der Waals surface area (Å²) >= 11 is 0. The SMILES string of the molecule is COC[C@]12CC[C@@](C)(O)C[C@@H]1CC[C@H]1[C@@H]3CC[C@H](CO)[C@@]3(C)CC[C@@H]12. The van der Waals surface area contributed by atoms with Crippen LogP contribution in [0.1, 0.15) is 71.6 Å². The first-order chi connectivity index (χ1) is 11.9. The summed E-state index contributed by atoms with van der Waals surface area (Å²) in [7, 11) is 1.87. The van der Waals surface area contributed by atoms with Crippen molar-refractivity contribution in [2.45, 2.75) is 77.2 Å². The first-order valence-corrected chi connectivity index (χ1v) is 10.7. The van der Waals surface area contributed by atoms with Gasteiger partial charge in [0.1, 0.15) is 0 Å².